The highest BCUT2D eigenvalue weighted by atomic mass is 19.2. The van der Waals surface area contributed by atoms with Crippen LogP contribution in [0.25, 0.3) is 0 Å². The Labute approximate surface area is 103 Å². The van der Waals surface area contributed by atoms with Crippen molar-refractivity contribution in [3.05, 3.63) is 35.1 Å². The number of nitrogens with zero attached hydrogens (tertiary/aromatic N) is 1. The summed E-state index contributed by atoms with van der Waals surface area (Å²) >= 11 is 0. The topological polar surface area (TPSA) is 40.5 Å². The number of hydrogen-bond acceptors (Lipinski definition) is 2. The molecule has 0 saturated carbocycles. The lowest BCUT2D eigenvalue weighted by molar-refractivity contribution is 0.0748. The average Bonchev–Trinajstić information content (AvgIpc) is 2.37. The molecular formula is C12H14F3NO2. The second-order valence-electron chi connectivity index (χ2n) is 3.68. The summed E-state index contributed by atoms with van der Waals surface area (Å²) in [5.41, 5.74) is -0.506. The Kier molecular flexibility index (Phi) is 5.15. The molecule has 18 heavy (non-hydrogen) atoms. The van der Waals surface area contributed by atoms with Crippen molar-refractivity contribution < 1.29 is 23.1 Å². The predicted octanol–water partition coefficient (Wildman–Crippen LogP) is 1.95. The normalized spacial score (nSPS) is 10.5. The summed E-state index contributed by atoms with van der Waals surface area (Å²) in [7, 11) is 0. The van der Waals surface area contributed by atoms with Crippen LogP contribution in [0.2, 0.25) is 0 Å². The predicted molar refractivity (Wildman–Crippen MR) is 59.6 cm³/mol. The van der Waals surface area contributed by atoms with Crippen LogP contribution in [0.5, 0.6) is 0 Å². The fourth-order valence-corrected chi connectivity index (χ4v) is 1.53. The Morgan fingerprint density at radius 2 is 1.94 bits per heavy atom. The van der Waals surface area contributed by atoms with Crippen LogP contribution in [0.1, 0.15) is 23.7 Å². The van der Waals surface area contributed by atoms with Crippen molar-refractivity contribution in [3.8, 4) is 0 Å². The zero-order valence-electron chi connectivity index (χ0n) is 9.92. The molecule has 1 rings (SSSR count). The third-order valence-electron chi connectivity index (χ3n) is 2.52. The second kappa shape index (κ2) is 6.39. The summed E-state index contributed by atoms with van der Waals surface area (Å²) in [6.07, 6.45) is 0.338. The number of carbonyl (C=O) groups excluding carboxylic acids is 1. The van der Waals surface area contributed by atoms with Gasteiger partial charge in [-0.1, -0.05) is 0 Å². The average molecular weight is 261 g/mol. The van der Waals surface area contributed by atoms with Crippen LogP contribution in [0, 0.1) is 17.5 Å². The van der Waals surface area contributed by atoms with Crippen LogP contribution in [0.4, 0.5) is 13.2 Å². The number of aliphatic hydroxyl groups excluding tert-OH is 1. The van der Waals surface area contributed by atoms with E-state index >= 15 is 0 Å². The van der Waals surface area contributed by atoms with Gasteiger partial charge in [0, 0.05) is 19.7 Å². The second-order valence-corrected chi connectivity index (χ2v) is 3.68. The summed E-state index contributed by atoms with van der Waals surface area (Å²) in [6, 6.07) is 1.63. The highest BCUT2D eigenvalue weighted by Crippen LogP contribution is 2.17. The maximum absolute atomic E-state index is 13.4. The molecule has 0 aromatic heterocycles. The zero-order chi connectivity index (χ0) is 13.7. The van der Waals surface area contributed by atoms with Crippen LogP contribution in [-0.2, 0) is 0 Å². The maximum Gasteiger partial charge on any atom is 0.256 e. The lowest BCUT2D eigenvalue weighted by atomic mass is 10.1. The quantitative estimate of drug-likeness (QED) is 0.823. The molecular weight excluding hydrogens is 247 g/mol. The van der Waals surface area contributed by atoms with E-state index in [2.05, 4.69) is 0 Å². The minimum Gasteiger partial charge on any atom is -0.396 e. The summed E-state index contributed by atoms with van der Waals surface area (Å²) in [4.78, 5) is 13.1. The molecule has 1 aromatic rings. The van der Waals surface area contributed by atoms with Crippen molar-refractivity contribution in [2.45, 2.75) is 13.3 Å². The molecule has 0 aliphatic rings. The lowest BCUT2D eigenvalue weighted by Crippen LogP contribution is -2.33. The van der Waals surface area contributed by atoms with Gasteiger partial charge in [0.1, 0.15) is 0 Å². The molecule has 0 atom stereocenters. The van der Waals surface area contributed by atoms with E-state index in [0.29, 0.717) is 12.5 Å². The van der Waals surface area contributed by atoms with E-state index in [4.69, 9.17) is 5.11 Å². The Morgan fingerprint density at radius 3 is 2.50 bits per heavy atom. The smallest absolute Gasteiger partial charge is 0.256 e. The van der Waals surface area contributed by atoms with E-state index in [0.717, 1.165) is 6.07 Å². The molecule has 6 heteroatoms. The van der Waals surface area contributed by atoms with Gasteiger partial charge in [0.2, 0.25) is 0 Å². The Morgan fingerprint density at radius 1 is 1.28 bits per heavy atom. The van der Waals surface area contributed by atoms with Gasteiger partial charge in [-0.25, -0.2) is 13.2 Å². The van der Waals surface area contributed by atoms with E-state index in [1.165, 1.54) is 4.90 Å². The molecule has 1 aromatic carbocycles. The van der Waals surface area contributed by atoms with Crippen LogP contribution in [0.15, 0.2) is 12.1 Å². The summed E-state index contributed by atoms with van der Waals surface area (Å²) < 4.78 is 39.2. The number of rotatable bonds is 5. The number of benzene rings is 1. The fraction of sp³-hybridized carbons (Fsp3) is 0.417. The summed E-state index contributed by atoms with van der Waals surface area (Å²) in [5.74, 6) is -5.19. The van der Waals surface area contributed by atoms with E-state index in [-0.39, 0.29) is 19.7 Å². The molecule has 0 bridgehead atoms. The third kappa shape index (κ3) is 3.01. The highest BCUT2D eigenvalue weighted by molar-refractivity contribution is 5.94. The lowest BCUT2D eigenvalue weighted by Gasteiger charge is -2.20. The molecule has 0 radical (unpaired) electrons. The highest BCUT2D eigenvalue weighted by Gasteiger charge is 2.22. The molecule has 0 aliphatic carbocycles. The largest absolute Gasteiger partial charge is 0.396 e. The van der Waals surface area contributed by atoms with Gasteiger partial charge in [-0.15, -0.1) is 0 Å². The van der Waals surface area contributed by atoms with E-state index in [9.17, 15) is 18.0 Å². The molecule has 1 amide bonds. The first-order chi connectivity index (χ1) is 8.52. The molecule has 0 spiro atoms. The van der Waals surface area contributed by atoms with Crippen molar-refractivity contribution in [2.75, 3.05) is 19.7 Å². The van der Waals surface area contributed by atoms with Gasteiger partial charge in [-0.2, -0.15) is 0 Å². The Bertz CT molecular complexity index is 438. The van der Waals surface area contributed by atoms with Gasteiger partial charge >= 0.3 is 0 Å². The van der Waals surface area contributed by atoms with Crippen molar-refractivity contribution in [3.63, 3.8) is 0 Å². The van der Waals surface area contributed by atoms with Crippen LogP contribution in [-0.4, -0.2) is 35.6 Å². The molecule has 0 fully saturated rings. The first-order valence-electron chi connectivity index (χ1n) is 5.56. The minimum absolute atomic E-state index is 0.107. The van der Waals surface area contributed by atoms with E-state index in [1.807, 2.05) is 0 Å². The van der Waals surface area contributed by atoms with Gasteiger partial charge in [0.05, 0.1) is 5.56 Å². The summed E-state index contributed by atoms with van der Waals surface area (Å²) in [5, 5.41) is 8.68. The molecule has 0 saturated heterocycles. The Hall–Kier alpha value is -1.56. The Balaban J connectivity index is 2.98. The van der Waals surface area contributed by atoms with E-state index < -0.39 is 28.9 Å². The zero-order valence-corrected chi connectivity index (χ0v) is 9.92. The molecule has 0 aliphatic heterocycles. The maximum atomic E-state index is 13.4. The standard InChI is InChI=1S/C12H14F3NO2/c1-2-16(6-3-7-17)12(18)8-4-5-9(13)11(15)10(8)14/h4-5,17H,2-3,6-7H2,1H3. The van der Waals surface area contributed by atoms with E-state index in [1.54, 1.807) is 6.92 Å². The summed E-state index contributed by atoms with van der Waals surface area (Å²) in [6.45, 7) is 2.08. The van der Waals surface area contributed by atoms with Crippen molar-refractivity contribution in [2.24, 2.45) is 0 Å². The molecule has 1 N–H and O–H groups in total. The van der Waals surface area contributed by atoms with Crippen molar-refractivity contribution in [1.29, 1.82) is 0 Å². The van der Waals surface area contributed by atoms with Crippen LogP contribution < -0.4 is 0 Å². The third-order valence-corrected chi connectivity index (χ3v) is 2.52. The van der Waals surface area contributed by atoms with Crippen LogP contribution in [0.3, 0.4) is 0 Å². The number of carbonyl (C=O) groups is 1. The number of aliphatic hydroxyl groups is 1. The molecule has 100 valence electrons. The number of amides is 1. The van der Waals surface area contributed by atoms with Gasteiger partial charge in [-0.3, -0.25) is 4.79 Å². The van der Waals surface area contributed by atoms with Gasteiger partial charge in [0.15, 0.2) is 17.5 Å². The molecule has 0 heterocycles. The van der Waals surface area contributed by atoms with Crippen molar-refractivity contribution >= 4 is 5.91 Å². The van der Waals surface area contributed by atoms with Gasteiger partial charge < -0.3 is 10.0 Å². The molecule has 0 unspecified atom stereocenters. The van der Waals surface area contributed by atoms with Gasteiger partial charge in [0.25, 0.3) is 5.91 Å². The number of halogens is 3. The first-order valence-corrected chi connectivity index (χ1v) is 5.56. The fourth-order valence-electron chi connectivity index (χ4n) is 1.53. The first kappa shape index (κ1) is 14.5. The monoisotopic (exact) mass is 261 g/mol. The van der Waals surface area contributed by atoms with Crippen molar-refractivity contribution in [1.82, 2.24) is 4.90 Å². The molecule has 3 nitrogen and oxygen atoms in total. The van der Waals surface area contributed by atoms with Crippen LogP contribution >= 0.6 is 0 Å². The number of hydrogen-bond donors (Lipinski definition) is 1. The SMILES string of the molecule is CCN(CCCO)C(=O)c1ccc(F)c(F)c1F. The minimum atomic E-state index is -1.65. The van der Waals surface area contributed by atoms with Gasteiger partial charge in [-0.05, 0) is 25.5 Å².